The molecule has 18 heavy (non-hydrogen) atoms. The fourth-order valence-electron chi connectivity index (χ4n) is 2.54. The third-order valence-electron chi connectivity index (χ3n) is 3.75. The van der Waals surface area contributed by atoms with Crippen molar-refractivity contribution in [3.8, 4) is 0 Å². The third-order valence-corrected chi connectivity index (χ3v) is 4.95. The van der Waals surface area contributed by atoms with Gasteiger partial charge >= 0.3 is 0 Å². The Morgan fingerprint density at radius 2 is 2.11 bits per heavy atom. The molecule has 104 valence electrons. The van der Waals surface area contributed by atoms with Gasteiger partial charge in [-0.1, -0.05) is 38.5 Å². The van der Waals surface area contributed by atoms with E-state index in [0.29, 0.717) is 5.54 Å². The first-order valence-corrected chi connectivity index (χ1v) is 8.22. The maximum Gasteiger partial charge on any atom is 0.157 e. The van der Waals surface area contributed by atoms with Gasteiger partial charge in [0, 0.05) is 17.9 Å². The van der Waals surface area contributed by atoms with E-state index in [1.807, 2.05) is 11.8 Å². The number of hydrogen-bond acceptors (Lipinski definition) is 3. The quantitative estimate of drug-likeness (QED) is 0.753. The highest BCUT2D eigenvalue weighted by Gasteiger charge is 2.39. The van der Waals surface area contributed by atoms with Gasteiger partial charge in [-0.05, 0) is 25.2 Å². The zero-order chi connectivity index (χ0) is 12.8. The van der Waals surface area contributed by atoms with Gasteiger partial charge in [-0.3, -0.25) is 4.99 Å². The van der Waals surface area contributed by atoms with Crippen molar-refractivity contribution in [1.82, 2.24) is 5.32 Å². The van der Waals surface area contributed by atoms with Crippen molar-refractivity contribution in [1.29, 1.82) is 0 Å². The first-order valence-electron chi connectivity index (χ1n) is 7.23. The zero-order valence-electron chi connectivity index (χ0n) is 11.7. The van der Waals surface area contributed by atoms with Crippen molar-refractivity contribution in [2.24, 2.45) is 10.9 Å². The zero-order valence-corrected chi connectivity index (χ0v) is 12.5. The van der Waals surface area contributed by atoms with Crippen LogP contribution in [0.4, 0.5) is 0 Å². The molecule has 0 amide bonds. The molecule has 0 aromatic heterocycles. The summed E-state index contributed by atoms with van der Waals surface area (Å²) in [6, 6.07) is 0. The predicted octanol–water partition coefficient (Wildman–Crippen LogP) is 3.05. The number of nitrogens with one attached hydrogen (secondary N) is 1. The van der Waals surface area contributed by atoms with Crippen LogP contribution in [0.5, 0.6) is 0 Å². The van der Waals surface area contributed by atoms with Crippen LogP contribution in [-0.2, 0) is 4.74 Å². The second-order valence-electron chi connectivity index (χ2n) is 5.88. The molecule has 3 nitrogen and oxygen atoms in total. The molecule has 0 aromatic rings. The molecule has 1 aliphatic carbocycles. The standard InChI is InChI=1S/C14H26N2OS/c1-12(2)5-9-17-10-8-15-13-16-14(11-18-13)6-3-4-7-14/h12H,3-11H2,1-2H3,(H,15,16). The lowest BCUT2D eigenvalue weighted by Gasteiger charge is -2.21. The van der Waals surface area contributed by atoms with Gasteiger partial charge in [0.05, 0.1) is 13.2 Å². The van der Waals surface area contributed by atoms with Gasteiger partial charge in [0.1, 0.15) is 0 Å². The van der Waals surface area contributed by atoms with Crippen molar-refractivity contribution in [2.75, 3.05) is 25.5 Å². The molecule has 0 radical (unpaired) electrons. The lowest BCUT2D eigenvalue weighted by Crippen LogP contribution is -2.40. The van der Waals surface area contributed by atoms with Crippen LogP contribution in [0.25, 0.3) is 0 Å². The van der Waals surface area contributed by atoms with E-state index in [9.17, 15) is 0 Å². The van der Waals surface area contributed by atoms with E-state index in [0.717, 1.165) is 37.3 Å². The molecule has 4 heteroatoms. The Bertz CT molecular complexity index is 286. The summed E-state index contributed by atoms with van der Waals surface area (Å²) in [7, 11) is 0. The third kappa shape index (κ3) is 4.16. The molecule has 1 N–H and O–H groups in total. The van der Waals surface area contributed by atoms with Gasteiger partial charge in [0.25, 0.3) is 0 Å². The first kappa shape index (κ1) is 14.2. The van der Waals surface area contributed by atoms with Crippen LogP contribution in [0.1, 0.15) is 46.0 Å². The lowest BCUT2D eigenvalue weighted by atomic mass is 10.0. The Labute approximate surface area is 115 Å². The molecule has 0 bridgehead atoms. The van der Waals surface area contributed by atoms with Crippen LogP contribution in [0.2, 0.25) is 0 Å². The number of rotatable bonds is 6. The lowest BCUT2D eigenvalue weighted by molar-refractivity contribution is 0.131. The van der Waals surface area contributed by atoms with Crippen LogP contribution >= 0.6 is 11.8 Å². The fourth-order valence-corrected chi connectivity index (χ4v) is 3.79. The molecule has 0 aromatic carbocycles. The molecule has 0 unspecified atom stereocenters. The molecule has 0 atom stereocenters. The maximum atomic E-state index is 5.58. The molecule has 1 saturated heterocycles. The summed E-state index contributed by atoms with van der Waals surface area (Å²) in [6.45, 7) is 6.87. The number of hydrogen-bond donors (Lipinski definition) is 1. The van der Waals surface area contributed by atoms with Gasteiger partial charge in [-0.15, -0.1) is 0 Å². The Kier molecular flexibility index (Phi) is 5.37. The van der Waals surface area contributed by atoms with Crippen LogP contribution in [0.15, 0.2) is 4.99 Å². The first-order chi connectivity index (χ1) is 8.70. The van der Waals surface area contributed by atoms with E-state index in [1.54, 1.807) is 0 Å². The second kappa shape index (κ2) is 6.80. The van der Waals surface area contributed by atoms with Crippen molar-refractivity contribution >= 4 is 16.9 Å². The van der Waals surface area contributed by atoms with E-state index in [4.69, 9.17) is 4.74 Å². The molecule has 1 spiro atoms. The Morgan fingerprint density at radius 3 is 2.83 bits per heavy atom. The largest absolute Gasteiger partial charge is 0.380 e. The summed E-state index contributed by atoms with van der Waals surface area (Å²) in [5.41, 5.74) is 0.391. The van der Waals surface area contributed by atoms with Crippen molar-refractivity contribution in [2.45, 2.75) is 51.5 Å². The van der Waals surface area contributed by atoms with Crippen molar-refractivity contribution in [3.05, 3.63) is 0 Å². The number of ether oxygens (including phenoxy) is 1. The number of aliphatic imine (C=N–C) groups is 1. The van der Waals surface area contributed by atoms with Crippen molar-refractivity contribution in [3.63, 3.8) is 0 Å². The van der Waals surface area contributed by atoms with Crippen LogP contribution in [-0.4, -0.2) is 36.2 Å². The Morgan fingerprint density at radius 1 is 1.33 bits per heavy atom. The van der Waals surface area contributed by atoms with Gasteiger partial charge in [0.2, 0.25) is 0 Å². The van der Waals surface area contributed by atoms with Crippen LogP contribution in [0, 0.1) is 5.92 Å². The Balaban J connectivity index is 1.60. The highest BCUT2D eigenvalue weighted by atomic mass is 32.2. The van der Waals surface area contributed by atoms with E-state index in [-0.39, 0.29) is 0 Å². The van der Waals surface area contributed by atoms with Crippen LogP contribution in [0.3, 0.4) is 0 Å². The van der Waals surface area contributed by atoms with Gasteiger partial charge in [0.15, 0.2) is 5.17 Å². The molecule has 2 rings (SSSR count). The van der Waals surface area contributed by atoms with Gasteiger partial charge < -0.3 is 10.1 Å². The summed E-state index contributed by atoms with van der Waals surface area (Å²) in [5, 5.41) is 4.78. The summed E-state index contributed by atoms with van der Waals surface area (Å²) in [5.74, 6) is 1.94. The van der Waals surface area contributed by atoms with E-state index in [2.05, 4.69) is 24.2 Å². The Hall–Kier alpha value is -0.220. The fraction of sp³-hybridized carbons (Fsp3) is 0.929. The minimum absolute atomic E-state index is 0.391. The molecule has 2 fully saturated rings. The highest BCUT2D eigenvalue weighted by Crippen LogP contribution is 2.37. The molecular weight excluding hydrogens is 244 g/mol. The van der Waals surface area contributed by atoms with E-state index in [1.165, 1.54) is 31.4 Å². The smallest absolute Gasteiger partial charge is 0.157 e. The van der Waals surface area contributed by atoms with Crippen LogP contribution < -0.4 is 5.32 Å². The molecule has 1 heterocycles. The van der Waals surface area contributed by atoms with E-state index < -0.39 is 0 Å². The van der Waals surface area contributed by atoms with Gasteiger partial charge in [-0.25, -0.2) is 0 Å². The normalized spacial score (nSPS) is 24.3. The topological polar surface area (TPSA) is 33.6 Å². The highest BCUT2D eigenvalue weighted by molar-refractivity contribution is 8.14. The predicted molar refractivity (Wildman–Crippen MR) is 79.4 cm³/mol. The summed E-state index contributed by atoms with van der Waals surface area (Å²) in [6.07, 6.45) is 6.54. The maximum absolute atomic E-state index is 5.58. The molecule has 2 aliphatic rings. The summed E-state index contributed by atoms with van der Waals surface area (Å²) < 4.78 is 5.58. The monoisotopic (exact) mass is 270 g/mol. The average molecular weight is 270 g/mol. The van der Waals surface area contributed by atoms with E-state index >= 15 is 0 Å². The molecular formula is C14H26N2OS. The molecule has 1 saturated carbocycles. The summed E-state index contributed by atoms with van der Waals surface area (Å²) >= 11 is 1.89. The minimum Gasteiger partial charge on any atom is -0.380 e. The molecule has 1 aliphatic heterocycles. The number of nitrogens with zero attached hydrogens (tertiary/aromatic N) is 1. The minimum atomic E-state index is 0.391. The number of amidine groups is 1. The van der Waals surface area contributed by atoms with Gasteiger partial charge in [-0.2, -0.15) is 0 Å². The second-order valence-corrected chi connectivity index (χ2v) is 6.85. The van der Waals surface area contributed by atoms with Crippen molar-refractivity contribution < 1.29 is 4.74 Å². The average Bonchev–Trinajstić information content (AvgIpc) is 2.95. The summed E-state index contributed by atoms with van der Waals surface area (Å²) in [4.78, 5) is 4.60. The SMILES string of the molecule is CC(C)CCOCCN=C1NC2(CCCC2)CS1. The number of thioether (sulfide) groups is 1.